The minimum Gasteiger partial charge on any atom is -0.348 e. The van der Waals surface area contributed by atoms with Crippen molar-refractivity contribution in [2.45, 2.75) is 6.54 Å². The van der Waals surface area contributed by atoms with Crippen LogP contribution in [0, 0.1) is 11.6 Å². The summed E-state index contributed by atoms with van der Waals surface area (Å²) in [4.78, 5) is 24.7. The average Bonchev–Trinajstić information content (AvgIpc) is 3.04. The highest BCUT2D eigenvalue weighted by atomic mass is 19.1. The summed E-state index contributed by atoms with van der Waals surface area (Å²) in [6.45, 7) is 0.219. The Kier molecular flexibility index (Phi) is 4.16. The lowest BCUT2D eigenvalue weighted by molar-refractivity contribution is 0.0966. The van der Waals surface area contributed by atoms with E-state index in [4.69, 9.17) is 0 Å². The number of fused-ring (bicyclic) bond motifs is 1. The van der Waals surface area contributed by atoms with Crippen molar-refractivity contribution >= 4 is 17.5 Å². The van der Waals surface area contributed by atoms with Gasteiger partial charge in [0.05, 0.1) is 11.3 Å². The number of hydrogen-bond acceptors (Lipinski definition) is 2. The molecular formula is C21H14F2N2O2. The van der Waals surface area contributed by atoms with Gasteiger partial charge < -0.3 is 10.6 Å². The van der Waals surface area contributed by atoms with Gasteiger partial charge in [0.2, 0.25) is 0 Å². The molecule has 4 rings (SSSR count). The van der Waals surface area contributed by atoms with Crippen molar-refractivity contribution in [3.05, 3.63) is 89.0 Å². The molecule has 4 nitrogen and oxygen atoms in total. The van der Waals surface area contributed by atoms with Crippen molar-refractivity contribution < 1.29 is 18.4 Å². The molecule has 3 aromatic carbocycles. The van der Waals surface area contributed by atoms with Crippen LogP contribution in [0.3, 0.4) is 0 Å². The molecule has 0 saturated carbocycles. The van der Waals surface area contributed by atoms with E-state index >= 15 is 0 Å². The molecule has 1 heterocycles. The smallest absolute Gasteiger partial charge is 0.255 e. The molecule has 27 heavy (non-hydrogen) atoms. The van der Waals surface area contributed by atoms with E-state index in [1.165, 1.54) is 12.1 Å². The van der Waals surface area contributed by atoms with Gasteiger partial charge in [0, 0.05) is 18.2 Å². The molecule has 134 valence electrons. The van der Waals surface area contributed by atoms with Gasteiger partial charge in [-0.1, -0.05) is 24.3 Å². The number of nitrogens with one attached hydrogen (secondary N) is 2. The number of hydrogen-bond donors (Lipinski definition) is 2. The molecule has 0 spiro atoms. The highest BCUT2D eigenvalue weighted by Crippen LogP contribution is 2.34. The minimum absolute atomic E-state index is 0.219. The molecule has 0 bridgehead atoms. The summed E-state index contributed by atoms with van der Waals surface area (Å²) in [5, 5.41) is 5.44. The fraction of sp³-hybridized carbons (Fsp3) is 0.0476. The molecule has 2 N–H and O–H groups in total. The first kappa shape index (κ1) is 16.9. The molecule has 3 aromatic rings. The van der Waals surface area contributed by atoms with Crippen LogP contribution in [0.1, 0.15) is 26.3 Å². The Labute approximate surface area is 153 Å². The van der Waals surface area contributed by atoms with Crippen LogP contribution < -0.4 is 10.6 Å². The summed E-state index contributed by atoms with van der Waals surface area (Å²) >= 11 is 0. The monoisotopic (exact) mass is 364 g/mol. The molecule has 0 aromatic heterocycles. The lowest BCUT2D eigenvalue weighted by atomic mass is 9.95. The molecule has 2 amide bonds. The summed E-state index contributed by atoms with van der Waals surface area (Å²) in [7, 11) is 0. The van der Waals surface area contributed by atoms with Gasteiger partial charge in [0.15, 0.2) is 0 Å². The van der Waals surface area contributed by atoms with E-state index in [0.29, 0.717) is 33.5 Å². The molecule has 0 fully saturated rings. The number of halogens is 2. The third-order valence-corrected chi connectivity index (χ3v) is 4.42. The second kappa shape index (κ2) is 6.64. The lowest BCUT2D eigenvalue weighted by Crippen LogP contribution is -2.17. The van der Waals surface area contributed by atoms with E-state index in [0.717, 1.165) is 6.07 Å². The standard InChI is InChI=1S/C21H14F2N2O2/c22-14-8-13(9-15(23)10-14)16-6-7-18(19-17(16)11-24-21(19)27)25-20(26)12-4-2-1-3-5-12/h1-10H,11H2,(H,24,27)(H,25,26). The largest absolute Gasteiger partial charge is 0.348 e. The number of rotatable bonds is 3. The maximum absolute atomic E-state index is 13.6. The quantitative estimate of drug-likeness (QED) is 0.734. The van der Waals surface area contributed by atoms with Gasteiger partial charge in [0.25, 0.3) is 11.8 Å². The van der Waals surface area contributed by atoms with Gasteiger partial charge in [-0.05, 0) is 47.0 Å². The van der Waals surface area contributed by atoms with Gasteiger partial charge in [-0.15, -0.1) is 0 Å². The van der Waals surface area contributed by atoms with Crippen LogP contribution in [-0.2, 0) is 6.54 Å². The van der Waals surface area contributed by atoms with E-state index in [9.17, 15) is 18.4 Å². The predicted molar refractivity (Wildman–Crippen MR) is 97.4 cm³/mol. The van der Waals surface area contributed by atoms with Crippen LogP contribution >= 0.6 is 0 Å². The zero-order valence-electron chi connectivity index (χ0n) is 14.1. The molecule has 0 unspecified atom stereocenters. The first-order chi connectivity index (χ1) is 13.0. The molecular weight excluding hydrogens is 350 g/mol. The predicted octanol–water partition coefficient (Wildman–Crippen LogP) is 4.13. The number of carbonyl (C=O) groups excluding carboxylic acids is 2. The Morgan fingerprint density at radius 2 is 1.67 bits per heavy atom. The van der Waals surface area contributed by atoms with E-state index in [2.05, 4.69) is 10.6 Å². The van der Waals surface area contributed by atoms with E-state index in [1.807, 2.05) is 0 Å². The van der Waals surface area contributed by atoms with Gasteiger partial charge >= 0.3 is 0 Å². The summed E-state index contributed by atoms with van der Waals surface area (Å²) in [6.07, 6.45) is 0. The molecule has 0 saturated heterocycles. The maximum atomic E-state index is 13.6. The third kappa shape index (κ3) is 3.17. The van der Waals surface area contributed by atoms with Crippen LogP contribution in [-0.4, -0.2) is 11.8 Å². The summed E-state index contributed by atoms with van der Waals surface area (Å²) < 4.78 is 27.2. The number of anilines is 1. The fourth-order valence-corrected chi connectivity index (χ4v) is 3.22. The molecule has 0 aliphatic carbocycles. The van der Waals surface area contributed by atoms with E-state index < -0.39 is 11.6 Å². The maximum Gasteiger partial charge on any atom is 0.255 e. The van der Waals surface area contributed by atoms with Crippen molar-refractivity contribution in [1.82, 2.24) is 5.32 Å². The van der Waals surface area contributed by atoms with Crippen LogP contribution in [0.15, 0.2) is 60.7 Å². The number of carbonyl (C=O) groups is 2. The van der Waals surface area contributed by atoms with Gasteiger partial charge in [-0.2, -0.15) is 0 Å². The Balaban J connectivity index is 1.77. The highest BCUT2D eigenvalue weighted by molar-refractivity contribution is 6.11. The molecule has 0 radical (unpaired) electrons. The van der Waals surface area contributed by atoms with Crippen molar-refractivity contribution in [2.75, 3.05) is 5.32 Å². The summed E-state index contributed by atoms with van der Waals surface area (Å²) in [5.74, 6) is -2.08. The summed E-state index contributed by atoms with van der Waals surface area (Å²) in [6, 6.07) is 15.1. The van der Waals surface area contributed by atoms with E-state index in [-0.39, 0.29) is 18.4 Å². The molecule has 1 aliphatic heterocycles. The van der Waals surface area contributed by atoms with Crippen molar-refractivity contribution in [2.24, 2.45) is 0 Å². The SMILES string of the molecule is O=C(Nc1ccc(-c2cc(F)cc(F)c2)c2c1C(=O)NC2)c1ccccc1. The van der Waals surface area contributed by atoms with Crippen molar-refractivity contribution in [1.29, 1.82) is 0 Å². The highest BCUT2D eigenvalue weighted by Gasteiger charge is 2.27. The zero-order chi connectivity index (χ0) is 19.0. The lowest BCUT2D eigenvalue weighted by Gasteiger charge is -2.13. The minimum atomic E-state index is -0.697. The van der Waals surface area contributed by atoms with Crippen molar-refractivity contribution in [3.63, 3.8) is 0 Å². The molecule has 1 aliphatic rings. The topological polar surface area (TPSA) is 58.2 Å². The average molecular weight is 364 g/mol. The Morgan fingerprint density at radius 1 is 0.963 bits per heavy atom. The van der Waals surface area contributed by atoms with Crippen LogP contribution in [0.5, 0.6) is 0 Å². The normalized spacial score (nSPS) is 12.4. The second-order valence-corrected chi connectivity index (χ2v) is 6.18. The third-order valence-electron chi connectivity index (χ3n) is 4.42. The number of amides is 2. The van der Waals surface area contributed by atoms with Crippen LogP contribution in [0.25, 0.3) is 11.1 Å². The zero-order valence-corrected chi connectivity index (χ0v) is 14.1. The van der Waals surface area contributed by atoms with Crippen LogP contribution in [0.2, 0.25) is 0 Å². The molecule has 6 heteroatoms. The van der Waals surface area contributed by atoms with Gasteiger partial charge in [0.1, 0.15) is 11.6 Å². The second-order valence-electron chi connectivity index (χ2n) is 6.18. The molecule has 0 atom stereocenters. The van der Waals surface area contributed by atoms with Crippen molar-refractivity contribution in [3.8, 4) is 11.1 Å². The fourth-order valence-electron chi connectivity index (χ4n) is 3.22. The first-order valence-electron chi connectivity index (χ1n) is 8.30. The summed E-state index contributed by atoms with van der Waals surface area (Å²) in [5.41, 5.74) is 2.59. The Hall–Kier alpha value is -3.54. The van der Waals surface area contributed by atoms with Gasteiger partial charge in [-0.3, -0.25) is 9.59 Å². The first-order valence-corrected chi connectivity index (χ1v) is 8.30. The van der Waals surface area contributed by atoms with Gasteiger partial charge in [-0.25, -0.2) is 8.78 Å². The van der Waals surface area contributed by atoms with E-state index in [1.54, 1.807) is 42.5 Å². The Bertz CT molecular complexity index is 1050. The number of benzene rings is 3. The van der Waals surface area contributed by atoms with Crippen LogP contribution in [0.4, 0.5) is 14.5 Å². The Morgan fingerprint density at radius 3 is 2.37 bits per heavy atom.